The maximum atomic E-state index is 14.9. The van der Waals surface area contributed by atoms with E-state index in [1.807, 2.05) is 32.0 Å². The molecule has 1 saturated heterocycles. The zero-order chi connectivity index (χ0) is 29.3. The molecule has 2 heterocycles. The number of hydrogen-bond donors (Lipinski definition) is 3. The van der Waals surface area contributed by atoms with Crippen LogP contribution in [0.3, 0.4) is 0 Å². The Kier molecular flexibility index (Phi) is 7.94. The number of anilines is 1. The SMILES string of the molecule is CCc1cccc(CC)c1NC(=O)CN1C[C@H](c2cc(F)c3c(c2)OCO3)C(C(=O)O)[C@@H]1c1ccc(C(=O)O)cc1. The summed E-state index contributed by atoms with van der Waals surface area (Å²) in [4.78, 5) is 39.5. The second-order valence-corrected chi connectivity index (χ2v) is 10.2. The molecule has 1 unspecified atom stereocenters. The van der Waals surface area contributed by atoms with Gasteiger partial charge in [0.1, 0.15) is 0 Å². The van der Waals surface area contributed by atoms with Crippen molar-refractivity contribution in [1.82, 2.24) is 4.90 Å². The molecule has 0 saturated carbocycles. The number of likely N-dealkylation sites (tertiary alicyclic amines) is 1. The second-order valence-electron chi connectivity index (χ2n) is 10.2. The smallest absolute Gasteiger partial charge is 0.335 e. The Morgan fingerprint density at radius 2 is 1.66 bits per heavy atom. The summed E-state index contributed by atoms with van der Waals surface area (Å²) in [5.41, 5.74) is 3.77. The van der Waals surface area contributed by atoms with Crippen molar-refractivity contribution in [1.29, 1.82) is 0 Å². The molecule has 2 aliphatic heterocycles. The standard InChI is InChI=1S/C31H31FN2O7/c1-3-17-6-5-7-18(4-2)27(17)33-25(35)15-34-14-22(21-12-23(32)29-24(13-21)40-16-41-29)26(31(38)39)28(34)19-8-10-20(11-9-19)30(36)37/h5-13,22,26,28H,3-4,14-16H2,1-2H3,(H,33,35)(H,36,37)(H,38,39)/t22-,26?,28+/m1/s1. The van der Waals surface area contributed by atoms with E-state index in [1.165, 1.54) is 18.2 Å². The number of carbonyl (C=O) groups excluding carboxylic acids is 1. The predicted octanol–water partition coefficient (Wildman–Crippen LogP) is 4.86. The largest absolute Gasteiger partial charge is 0.481 e. The maximum Gasteiger partial charge on any atom is 0.335 e. The highest BCUT2D eigenvalue weighted by atomic mass is 19.1. The van der Waals surface area contributed by atoms with Crippen molar-refractivity contribution in [3.05, 3.63) is 88.2 Å². The normalized spacial score (nSPS) is 19.7. The second kappa shape index (κ2) is 11.6. The van der Waals surface area contributed by atoms with Crippen LogP contribution in [0.2, 0.25) is 0 Å². The molecule has 3 N–H and O–H groups in total. The van der Waals surface area contributed by atoms with Crippen molar-refractivity contribution in [2.75, 3.05) is 25.2 Å². The van der Waals surface area contributed by atoms with Crippen molar-refractivity contribution >= 4 is 23.5 Å². The van der Waals surface area contributed by atoms with Gasteiger partial charge in [-0.05, 0) is 59.4 Å². The average Bonchev–Trinajstić information content (AvgIpc) is 3.58. The molecular formula is C31H31FN2O7. The highest BCUT2D eigenvalue weighted by Crippen LogP contribution is 2.48. The Hall–Kier alpha value is -4.44. The zero-order valence-electron chi connectivity index (χ0n) is 22.7. The van der Waals surface area contributed by atoms with E-state index < -0.39 is 35.6 Å². The number of fused-ring (bicyclic) bond motifs is 1. The van der Waals surface area contributed by atoms with Gasteiger partial charge in [0.05, 0.1) is 18.0 Å². The van der Waals surface area contributed by atoms with Gasteiger partial charge in [-0.25, -0.2) is 9.18 Å². The molecule has 0 aliphatic carbocycles. The summed E-state index contributed by atoms with van der Waals surface area (Å²) in [5.74, 6) is -4.76. The minimum absolute atomic E-state index is 0.0167. The molecule has 1 amide bonds. The highest BCUT2D eigenvalue weighted by Gasteiger charge is 2.48. The molecule has 5 rings (SSSR count). The molecule has 3 atom stereocenters. The number of aliphatic carboxylic acids is 1. The molecule has 3 aromatic rings. The van der Waals surface area contributed by atoms with E-state index in [1.54, 1.807) is 23.1 Å². The van der Waals surface area contributed by atoms with Crippen LogP contribution in [-0.4, -0.2) is 52.8 Å². The van der Waals surface area contributed by atoms with Crippen LogP contribution in [-0.2, 0) is 22.4 Å². The van der Waals surface area contributed by atoms with Crippen LogP contribution in [0.15, 0.2) is 54.6 Å². The number of benzene rings is 3. The number of halogens is 1. The van der Waals surface area contributed by atoms with Crippen LogP contribution < -0.4 is 14.8 Å². The molecule has 2 aliphatic rings. The summed E-state index contributed by atoms with van der Waals surface area (Å²) < 4.78 is 25.4. The fraction of sp³-hybridized carbons (Fsp3) is 0.323. The Labute approximate surface area is 236 Å². The van der Waals surface area contributed by atoms with E-state index in [-0.39, 0.29) is 42.9 Å². The molecule has 214 valence electrons. The minimum atomic E-state index is -1.12. The number of para-hydroxylation sites is 1. The minimum Gasteiger partial charge on any atom is -0.481 e. The van der Waals surface area contributed by atoms with Crippen molar-refractivity contribution in [2.45, 2.75) is 38.6 Å². The number of rotatable bonds is 9. The fourth-order valence-electron chi connectivity index (χ4n) is 5.92. The summed E-state index contributed by atoms with van der Waals surface area (Å²) in [6, 6.07) is 13.9. The number of carbonyl (C=O) groups is 3. The highest BCUT2D eigenvalue weighted by molar-refractivity contribution is 5.94. The molecule has 10 heteroatoms. The van der Waals surface area contributed by atoms with E-state index in [0.717, 1.165) is 29.7 Å². The Morgan fingerprint density at radius 3 is 2.27 bits per heavy atom. The first-order chi connectivity index (χ1) is 19.7. The van der Waals surface area contributed by atoms with Crippen LogP contribution in [0, 0.1) is 11.7 Å². The van der Waals surface area contributed by atoms with Gasteiger partial charge in [-0.1, -0.05) is 44.2 Å². The van der Waals surface area contributed by atoms with E-state index in [9.17, 15) is 29.0 Å². The Morgan fingerprint density at radius 1 is 0.976 bits per heavy atom. The Balaban J connectivity index is 1.52. The number of aromatic carboxylic acids is 1. The number of carboxylic acids is 2. The first-order valence-electron chi connectivity index (χ1n) is 13.5. The van der Waals surface area contributed by atoms with Gasteiger partial charge in [-0.3, -0.25) is 14.5 Å². The predicted molar refractivity (Wildman–Crippen MR) is 148 cm³/mol. The molecule has 3 aromatic carbocycles. The van der Waals surface area contributed by atoms with Crippen molar-refractivity contribution in [3.8, 4) is 11.5 Å². The van der Waals surface area contributed by atoms with E-state index in [2.05, 4.69) is 5.32 Å². The van der Waals surface area contributed by atoms with Crippen molar-refractivity contribution < 1.29 is 38.5 Å². The van der Waals surface area contributed by atoms with Crippen molar-refractivity contribution in [3.63, 3.8) is 0 Å². The van der Waals surface area contributed by atoms with Gasteiger partial charge in [0.25, 0.3) is 0 Å². The third-order valence-electron chi connectivity index (χ3n) is 7.87. The lowest BCUT2D eigenvalue weighted by molar-refractivity contribution is -0.143. The van der Waals surface area contributed by atoms with Gasteiger partial charge in [-0.15, -0.1) is 0 Å². The van der Waals surface area contributed by atoms with Gasteiger partial charge in [0, 0.05) is 24.2 Å². The molecule has 41 heavy (non-hydrogen) atoms. The van der Waals surface area contributed by atoms with Gasteiger partial charge in [-0.2, -0.15) is 0 Å². The lowest BCUT2D eigenvalue weighted by Crippen LogP contribution is -2.35. The number of hydrogen-bond acceptors (Lipinski definition) is 6. The lowest BCUT2D eigenvalue weighted by atomic mass is 9.82. The first kappa shape index (κ1) is 28.1. The monoisotopic (exact) mass is 562 g/mol. The topological polar surface area (TPSA) is 125 Å². The summed E-state index contributed by atoms with van der Waals surface area (Å²) in [5, 5.41) is 22.8. The third-order valence-corrected chi connectivity index (χ3v) is 7.87. The number of nitrogens with zero attached hydrogens (tertiary/aromatic N) is 1. The molecule has 0 bridgehead atoms. The fourth-order valence-corrected chi connectivity index (χ4v) is 5.92. The number of nitrogens with one attached hydrogen (secondary N) is 1. The number of ether oxygens (including phenoxy) is 2. The molecule has 9 nitrogen and oxygen atoms in total. The summed E-state index contributed by atoms with van der Waals surface area (Å²) in [6.45, 7) is 3.90. The van der Waals surface area contributed by atoms with E-state index in [4.69, 9.17) is 9.47 Å². The van der Waals surface area contributed by atoms with Crippen LogP contribution in [0.25, 0.3) is 0 Å². The molecule has 0 radical (unpaired) electrons. The molecular weight excluding hydrogens is 531 g/mol. The van der Waals surface area contributed by atoms with Gasteiger partial charge in [0.2, 0.25) is 18.4 Å². The molecule has 0 aromatic heterocycles. The zero-order valence-corrected chi connectivity index (χ0v) is 22.7. The quantitative estimate of drug-likeness (QED) is 0.338. The van der Waals surface area contributed by atoms with Crippen LogP contribution >= 0.6 is 0 Å². The van der Waals surface area contributed by atoms with Gasteiger partial charge < -0.3 is 25.0 Å². The summed E-state index contributed by atoms with van der Waals surface area (Å²) >= 11 is 0. The number of aryl methyl sites for hydroxylation is 2. The Bertz CT molecular complexity index is 1470. The lowest BCUT2D eigenvalue weighted by Gasteiger charge is -2.27. The van der Waals surface area contributed by atoms with Crippen LogP contribution in [0.1, 0.15) is 58.4 Å². The summed E-state index contributed by atoms with van der Waals surface area (Å²) in [6.07, 6.45) is 1.45. The van der Waals surface area contributed by atoms with Crippen LogP contribution in [0.5, 0.6) is 11.5 Å². The average molecular weight is 563 g/mol. The van der Waals surface area contributed by atoms with Gasteiger partial charge >= 0.3 is 11.9 Å². The van der Waals surface area contributed by atoms with E-state index in [0.29, 0.717) is 11.1 Å². The third kappa shape index (κ3) is 5.47. The van der Waals surface area contributed by atoms with Crippen LogP contribution in [0.4, 0.5) is 10.1 Å². The molecule has 1 fully saturated rings. The van der Waals surface area contributed by atoms with Gasteiger partial charge in [0.15, 0.2) is 11.6 Å². The first-order valence-corrected chi connectivity index (χ1v) is 13.5. The van der Waals surface area contributed by atoms with E-state index >= 15 is 0 Å². The number of carboxylic acid groups (broad SMARTS) is 2. The number of amides is 1. The van der Waals surface area contributed by atoms with Crippen molar-refractivity contribution in [2.24, 2.45) is 5.92 Å². The summed E-state index contributed by atoms with van der Waals surface area (Å²) in [7, 11) is 0. The maximum absolute atomic E-state index is 14.9. The molecule has 0 spiro atoms.